The Kier molecular flexibility index (Phi) is 8.62. The maximum atomic E-state index is 10.2. The molecule has 8 heteroatoms. The average molecular weight is 388 g/mol. The second-order valence-electron chi connectivity index (χ2n) is 5.21. The van der Waals surface area contributed by atoms with Crippen LogP contribution in [-0.4, -0.2) is 46.6 Å². The number of hydrogen-bond donors (Lipinski definition) is 4. The highest BCUT2D eigenvalue weighted by Crippen LogP contribution is 2.27. The molecular formula is C20H20O8. The van der Waals surface area contributed by atoms with Crippen molar-refractivity contribution in [2.45, 2.75) is 0 Å². The summed E-state index contributed by atoms with van der Waals surface area (Å²) in [5.41, 5.74) is 1.31. The van der Waals surface area contributed by atoms with Crippen molar-refractivity contribution < 1.29 is 39.5 Å². The minimum Gasteiger partial charge on any atom is -0.504 e. The van der Waals surface area contributed by atoms with Crippen LogP contribution in [0.25, 0.3) is 12.2 Å². The molecule has 0 heterocycles. The number of phenolic OH excluding ortho intramolecular Hbond substituents is 2. The Morgan fingerprint density at radius 1 is 0.750 bits per heavy atom. The standard InChI is InChI=1S/2C10H10O4/c2*1-14-9-6-7(2-4-8(9)11)3-5-10(12)13/h2*2-6,11H,1H3,(H,12,13)/b5-3+;5-3-. The monoisotopic (exact) mass is 388 g/mol. The van der Waals surface area contributed by atoms with Crippen LogP contribution in [0.2, 0.25) is 0 Å². The zero-order valence-electron chi connectivity index (χ0n) is 15.2. The summed E-state index contributed by atoms with van der Waals surface area (Å²) in [6, 6.07) is 9.18. The number of rotatable bonds is 6. The Balaban J connectivity index is 0.000000280. The van der Waals surface area contributed by atoms with Crippen LogP contribution in [-0.2, 0) is 9.59 Å². The fraction of sp³-hybridized carbons (Fsp3) is 0.100. The lowest BCUT2D eigenvalue weighted by molar-refractivity contribution is -0.132. The largest absolute Gasteiger partial charge is 0.504 e. The van der Waals surface area contributed by atoms with Crippen LogP contribution in [0.5, 0.6) is 23.0 Å². The summed E-state index contributed by atoms with van der Waals surface area (Å²) in [7, 11) is 2.86. The molecule has 0 aromatic heterocycles. The highest BCUT2D eigenvalue weighted by Gasteiger charge is 2.01. The minimum atomic E-state index is -1.02. The minimum absolute atomic E-state index is 0.0278. The van der Waals surface area contributed by atoms with E-state index in [1.165, 1.54) is 38.5 Å². The van der Waals surface area contributed by atoms with Crippen molar-refractivity contribution in [1.82, 2.24) is 0 Å². The van der Waals surface area contributed by atoms with Gasteiger partial charge in [-0.05, 0) is 47.5 Å². The quantitative estimate of drug-likeness (QED) is 0.555. The van der Waals surface area contributed by atoms with E-state index in [2.05, 4.69) is 0 Å². The summed E-state index contributed by atoms with van der Waals surface area (Å²) < 4.78 is 9.72. The van der Waals surface area contributed by atoms with E-state index >= 15 is 0 Å². The molecule has 0 aliphatic carbocycles. The van der Waals surface area contributed by atoms with Gasteiger partial charge in [0.1, 0.15) is 0 Å². The summed E-state index contributed by atoms with van der Waals surface area (Å²) in [5, 5.41) is 35.3. The Bertz CT molecular complexity index is 810. The molecule has 2 aromatic carbocycles. The third-order valence-corrected chi connectivity index (χ3v) is 3.24. The van der Waals surface area contributed by atoms with Gasteiger partial charge in [0, 0.05) is 12.2 Å². The summed E-state index contributed by atoms with van der Waals surface area (Å²) in [5.74, 6) is -1.34. The van der Waals surface area contributed by atoms with E-state index in [4.69, 9.17) is 19.7 Å². The van der Waals surface area contributed by atoms with Gasteiger partial charge in [-0.2, -0.15) is 0 Å². The van der Waals surface area contributed by atoms with Crippen LogP contribution >= 0.6 is 0 Å². The normalized spacial score (nSPS) is 10.4. The molecule has 8 nitrogen and oxygen atoms in total. The van der Waals surface area contributed by atoms with Gasteiger partial charge >= 0.3 is 11.9 Å². The van der Waals surface area contributed by atoms with Gasteiger partial charge in [-0.3, -0.25) is 0 Å². The maximum absolute atomic E-state index is 10.2. The van der Waals surface area contributed by atoms with E-state index in [-0.39, 0.29) is 11.5 Å². The first-order chi connectivity index (χ1) is 13.3. The summed E-state index contributed by atoms with van der Waals surface area (Å²) >= 11 is 0. The number of aliphatic carboxylic acids is 2. The van der Waals surface area contributed by atoms with Crippen LogP contribution in [0.1, 0.15) is 11.1 Å². The first-order valence-corrected chi connectivity index (χ1v) is 7.82. The lowest BCUT2D eigenvalue weighted by atomic mass is 10.2. The Hall–Kier alpha value is -3.94. The van der Waals surface area contributed by atoms with Crippen molar-refractivity contribution in [3.05, 3.63) is 59.7 Å². The highest BCUT2D eigenvalue weighted by molar-refractivity contribution is 5.85. The van der Waals surface area contributed by atoms with Gasteiger partial charge in [0.15, 0.2) is 23.0 Å². The lowest BCUT2D eigenvalue weighted by Gasteiger charge is -2.03. The third kappa shape index (κ3) is 7.52. The van der Waals surface area contributed by atoms with Crippen LogP contribution in [0.3, 0.4) is 0 Å². The number of aromatic hydroxyl groups is 2. The molecule has 2 rings (SSSR count). The maximum Gasteiger partial charge on any atom is 0.328 e. The lowest BCUT2D eigenvalue weighted by Crippen LogP contribution is -1.87. The molecule has 0 fully saturated rings. The Labute approximate surface area is 161 Å². The van der Waals surface area contributed by atoms with E-state index in [9.17, 15) is 19.8 Å². The van der Waals surface area contributed by atoms with Crippen molar-refractivity contribution in [3.8, 4) is 23.0 Å². The van der Waals surface area contributed by atoms with E-state index in [0.717, 1.165) is 12.2 Å². The fourth-order valence-electron chi connectivity index (χ4n) is 1.93. The fourth-order valence-corrected chi connectivity index (χ4v) is 1.93. The Morgan fingerprint density at radius 3 is 1.39 bits per heavy atom. The molecule has 0 unspecified atom stereocenters. The predicted octanol–water partition coefficient (Wildman–Crippen LogP) is 3.00. The molecule has 0 spiro atoms. The van der Waals surface area contributed by atoms with Crippen molar-refractivity contribution in [2.24, 2.45) is 0 Å². The van der Waals surface area contributed by atoms with Crippen LogP contribution < -0.4 is 9.47 Å². The van der Waals surface area contributed by atoms with Crippen LogP contribution in [0.4, 0.5) is 0 Å². The molecule has 148 valence electrons. The number of methoxy groups -OCH3 is 2. The second-order valence-corrected chi connectivity index (χ2v) is 5.21. The van der Waals surface area contributed by atoms with Crippen molar-refractivity contribution >= 4 is 24.1 Å². The molecule has 0 saturated heterocycles. The number of carboxylic acid groups (broad SMARTS) is 2. The van der Waals surface area contributed by atoms with Crippen molar-refractivity contribution in [2.75, 3.05) is 14.2 Å². The molecule has 4 N–H and O–H groups in total. The summed E-state index contributed by atoms with van der Waals surface area (Å²) in [6.07, 6.45) is 4.88. The predicted molar refractivity (Wildman–Crippen MR) is 103 cm³/mol. The number of ether oxygens (including phenoxy) is 2. The molecule has 0 amide bonds. The number of hydrogen-bond acceptors (Lipinski definition) is 6. The summed E-state index contributed by atoms with van der Waals surface area (Å²) in [6.45, 7) is 0. The molecule has 0 aliphatic heterocycles. The van der Waals surface area contributed by atoms with E-state index in [0.29, 0.717) is 22.6 Å². The average Bonchev–Trinajstić information content (AvgIpc) is 2.67. The van der Waals surface area contributed by atoms with E-state index in [1.807, 2.05) is 0 Å². The number of benzene rings is 2. The number of carboxylic acids is 2. The highest BCUT2D eigenvalue weighted by atomic mass is 16.5. The molecule has 28 heavy (non-hydrogen) atoms. The molecule has 0 radical (unpaired) electrons. The van der Waals surface area contributed by atoms with Gasteiger partial charge in [0.05, 0.1) is 14.2 Å². The van der Waals surface area contributed by atoms with Crippen molar-refractivity contribution in [1.29, 1.82) is 0 Å². The van der Waals surface area contributed by atoms with E-state index in [1.54, 1.807) is 24.3 Å². The zero-order chi connectivity index (χ0) is 21.1. The zero-order valence-corrected chi connectivity index (χ0v) is 15.2. The molecule has 0 atom stereocenters. The van der Waals surface area contributed by atoms with E-state index < -0.39 is 11.9 Å². The molecule has 0 aliphatic rings. The summed E-state index contributed by atoms with van der Waals surface area (Å²) in [4.78, 5) is 20.5. The molecular weight excluding hydrogens is 368 g/mol. The SMILES string of the molecule is COc1cc(/C=C/C(=O)O)ccc1O.COc1cc(/C=C\C(=O)O)ccc1O. The van der Waals surface area contributed by atoms with Crippen LogP contribution in [0, 0.1) is 0 Å². The molecule has 0 saturated carbocycles. The second kappa shape index (κ2) is 10.9. The van der Waals surface area contributed by atoms with Crippen molar-refractivity contribution in [3.63, 3.8) is 0 Å². The van der Waals surface area contributed by atoms with Gasteiger partial charge in [-0.25, -0.2) is 9.59 Å². The van der Waals surface area contributed by atoms with Gasteiger partial charge in [0.2, 0.25) is 0 Å². The first kappa shape index (κ1) is 22.1. The van der Waals surface area contributed by atoms with Gasteiger partial charge in [-0.15, -0.1) is 0 Å². The van der Waals surface area contributed by atoms with Gasteiger partial charge in [-0.1, -0.05) is 12.1 Å². The molecule has 2 aromatic rings. The Morgan fingerprint density at radius 2 is 1.11 bits per heavy atom. The van der Waals surface area contributed by atoms with Gasteiger partial charge < -0.3 is 29.9 Å². The molecule has 0 bridgehead atoms. The topological polar surface area (TPSA) is 134 Å². The smallest absolute Gasteiger partial charge is 0.328 e. The first-order valence-electron chi connectivity index (χ1n) is 7.82. The number of carbonyl (C=O) groups is 2. The third-order valence-electron chi connectivity index (χ3n) is 3.24. The number of phenols is 2. The van der Waals surface area contributed by atoms with Gasteiger partial charge in [0.25, 0.3) is 0 Å². The van der Waals surface area contributed by atoms with Crippen LogP contribution in [0.15, 0.2) is 48.6 Å².